The summed E-state index contributed by atoms with van der Waals surface area (Å²) in [4.78, 5) is 30.0. The Morgan fingerprint density at radius 2 is 1.72 bits per heavy atom. The Morgan fingerprint density at radius 3 is 2.38 bits per heavy atom. The van der Waals surface area contributed by atoms with Crippen molar-refractivity contribution in [3.8, 4) is 0 Å². The van der Waals surface area contributed by atoms with Crippen LogP contribution in [0.15, 0.2) is 53.1 Å². The Kier molecular flexibility index (Phi) is 6.30. The zero-order valence-electron chi connectivity index (χ0n) is 16.8. The van der Waals surface area contributed by atoms with Gasteiger partial charge < -0.3 is 14.6 Å². The zero-order valence-corrected chi connectivity index (χ0v) is 16.8. The van der Waals surface area contributed by atoms with E-state index in [4.69, 9.17) is 4.42 Å². The van der Waals surface area contributed by atoms with Crippen LogP contribution in [0.4, 0.5) is 0 Å². The van der Waals surface area contributed by atoms with E-state index in [0.717, 1.165) is 37.3 Å². The molecule has 154 valence electrons. The van der Waals surface area contributed by atoms with Crippen molar-refractivity contribution >= 4 is 11.8 Å². The number of carbonyl (C=O) groups is 2. The summed E-state index contributed by atoms with van der Waals surface area (Å²) in [5, 5.41) is 3.06. The molecule has 2 heterocycles. The highest BCUT2D eigenvalue weighted by molar-refractivity contribution is 5.94. The van der Waals surface area contributed by atoms with Gasteiger partial charge >= 0.3 is 0 Å². The number of amides is 2. The summed E-state index contributed by atoms with van der Waals surface area (Å²) in [6, 6.07) is 13.0. The normalized spacial score (nSPS) is 19.2. The van der Waals surface area contributed by atoms with Gasteiger partial charge in [-0.25, -0.2) is 0 Å². The van der Waals surface area contributed by atoms with Crippen molar-refractivity contribution in [3.63, 3.8) is 0 Å². The van der Waals surface area contributed by atoms with Gasteiger partial charge in [0.15, 0.2) is 0 Å². The standard InChI is InChI=1S/C23H29N3O3/c27-22(24-17-20-11-6-16-29-20)21(18-7-4-5-8-18)25-12-14-26(15-13-25)23(28)19-9-2-1-3-10-19/h1-3,6,9-11,16,18,21H,4-5,7-8,12-15,17H2,(H,24,27)/t21-/m0/s1. The highest BCUT2D eigenvalue weighted by Gasteiger charge is 2.37. The van der Waals surface area contributed by atoms with Gasteiger partial charge in [0.25, 0.3) is 5.91 Å². The van der Waals surface area contributed by atoms with Gasteiger partial charge in [-0.05, 0) is 43.0 Å². The minimum Gasteiger partial charge on any atom is -0.467 e. The highest BCUT2D eigenvalue weighted by Crippen LogP contribution is 2.31. The van der Waals surface area contributed by atoms with Gasteiger partial charge in [-0.1, -0.05) is 31.0 Å². The number of benzene rings is 1. The van der Waals surface area contributed by atoms with Crippen LogP contribution in [0.1, 0.15) is 41.8 Å². The molecule has 2 aliphatic rings. The lowest BCUT2D eigenvalue weighted by Gasteiger charge is -2.40. The molecule has 0 bridgehead atoms. The Labute approximate surface area is 171 Å². The molecule has 1 aromatic heterocycles. The first kappa shape index (κ1) is 19.7. The van der Waals surface area contributed by atoms with E-state index in [-0.39, 0.29) is 17.9 Å². The summed E-state index contributed by atoms with van der Waals surface area (Å²) in [5.41, 5.74) is 0.726. The van der Waals surface area contributed by atoms with Crippen LogP contribution in [0.3, 0.4) is 0 Å². The second-order valence-electron chi connectivity index (χ2n) is 7.98. The molecule has 2 fully saturated rings. The molecule has 0 spiro atoms. The molecule has 1 aromatic carbocycles. The van der Waals surface area contributed by atoms with Gasteiger partial charge in [0, 0.05) is 31.7 Å². The molecule has 1 aliphatic heterocycles. The van der Waals surface area contributed by atoms with Crippen LogP contribution in [0.5, 0.6) is 0 Å². The first-order chi connectivity index (χ1) is 14.2. The summed E-state index contributed by atoms with van der Waals surface area (Å²) < 4.78 is 5.34. The molecule has 1 N–H and O–H groups in total. The lowest BCUT2D eigenvalue weighted by Crippen LogP contribution is -2.57. The van der Waals surface area contributed by atoms with Crippen LogP contribution in [-0.4, -0.2) is 53.8 Å². The van der Waals surface area contributed by atoms with Crippen molar-refractivity contribution in [1.82, 2.24) is 15.1 Å². The maximum absolute atomic E-state index is 13.1. The van der Waals surface area contributed by atoms with Gasteiger partial charge in [0.1, 0.15) is 5.76 Å². The number of furan rings is 1. The van der Waals surface area contributed by atoms with Gasteiger partial charge in [-0.3, -0.25) is 14.5 Å². The molecule has 1 atom stereocenters. The number of rotatable bonds is 6. The smallest absolute Gasteiger partial charge is 0.253 e. The number of nitrogens with zero attached hydrogens (tertiary/aromatic N) is 2. The largest absolute Gasteiger partial charge is 0.467 e. The fraction of sp³-hybridized carbons (Fsp3) is 0.478. The third-order valence-corrected chi connectivity index (χ3v) is 6.15. The quantitative estimate of drug-likeness (QED) is 0.817. The summed E-state index contributed by atoms with van der Waals surface area (Å²) >= 11 is 0. The predicted octanol–water partition coefficient (Wildman–Crippen LogP) is 2.91. The molecule has 1 saturated carbocycles. The summed E-state index contributed by atoms with van der Waals surface area (Å²) in [7, 11) is 0. The number of hydrogen-bond acceptors (Lipinski definition) is 4. The van der Waals surface area contributed by atoms with E-state index in [9.17, 15) is 9.59 Å². The van der Waals surface area contributed by atoms with E-state index in [1.807, 2.05) is 47.4 Å². The summed E-state index contributed by atoms with van der Waals surface area (Å²) in [6.45, 7) is 3.19. The number of carbonyl (C=O) groups excluding carboxylic acids is 2. The molecule has 0 radical (unpaired) electrons. The van der Waals surface area contributed by atoms with Crippen LogP contribution in [0.25, 0.3) is 0 Å². The van der Waals surface area contributed by atoms with Crippen molar-refractivity contribution in [2.24, 2.45) is 5.92 Å². The number of hydrogen-bond donors (Lipinski definition) is 1. The van der Waals surface area contributed by atoms with Gasteiger partial charge in [-0.15, -0.1) is 0 Å². The third-order valence-electron chi connectivity index (χ3n) is 6.15. The summed E-state index contributed by atoms with van der Waals surface area (Å²) in [5.74, 6) is 1.31. The Bertz CT molecular complexity index is 792. The van der Waals surface area contributed by atoms with Gasteiger partial charge in [0.05, 0.1) is 18.8 Å². The molecule has 6 heteroatoms. The predicted molar refractivity (Wildman–Crippen MR) is 110 cm³/mol. The van der Waals surface area contributed by atoms with E-state index in [2.05, 4.69) is 10.2 Å². The molecule has 1 aliphatic carbocycles. The monoisotopic (exact) mass is 395 g/mol. The van der Waals surface area contributed by atoms with E-state index in [1.165, 1.54) is 12.8 Å². The van der Waals surface area contributed by atoms with Gasteiger partial charge in [0.2, 0.25) is 5.91 Å². The number of nitrogens with one attached hydrogen (secondary N) is 1. The van der Waals surface area contributed by atoms with Crippen molar-refractivity contribution in [3.05, 3.63) is 60.1 Å². The maximum Gasteiger partial charge on any atom is 0.253 e. The highest BCUT2D eigenvalue weighted by atomic mass is 16.3. The van der Waals surface area contributed by atoms with Crippen molar-refractivity contribution < 1.29 is 14.0 Å². The molecule has 2 amide bonds. The van der Waals surface area contributed by atoms with Crippen LogP contribution in [0, 0.1) is 5.92 Å². The van der Waals surface area contributed by atoms with Crippen LogP contribution < -0.4 is 5.32 Å². The molecule has 6 nitrogen and oxygen atoms in total. The van der Waals surface area contributed by atoms with E-state index in [0.29, 0.717) is 25.6 Å². The minimum absolute atomic E-state index is 0.0740. The first-order valence-corrected chi connectivity index (χ1v) is 10.6. The van der Waals surface area contributed by atoms with Crippen LogP contribution in [0.2, 0.25) is 0 Å². The second-order valence-corrected chi connectivity index (χ2v) is 7.98. The number of piperazine rings is 1. The maximum atomic E-state index is 13.1. The lowest BCUT2D eigenvalue weighted by atomic mass is 9.95. The molecule has 2 aromatic rings. The lowest BCUT2D eigenvalue weighted by molar-refractivity contribution is -0.129. The molecular weight excluding hydrogens is 366 g/mol. The molecular formula is C23H29N3O3. The SMILES string of the molecule is O=C(NCc1ccco1)[C@H](C1CCCC1)N1CCN(C(=O)c2ccccc2)CC1. The van der Waals surface area contributed by atoms with E-state index < -0.39 is 0 Å². The zero-order chi connectivity index (χ0) is 20.1. The second kappa shape index (κ2) is 9.27. The fourth-order valence-corrected chi connectivity index (χ4v) is 4.61. The average molecular weight is 396 g/mol. The Morgan fingerprint density at radius 1 is 1.00 bits per heavy atom. The average Bonchev–Trinajstić information content (AvgIpc) is 3.48. The fourth-order valence-electron chi connectivity index (χ4n) is 4.61. The van der Waals surface area contributed by atoms with Crippen molar-refractivity contribution in [1.29, 1.82) is 0 Å². The van der Waals surface area contributed by atoms with Crippen molar-refractivity contribution in [2.45, 2.75) is 38.3 Å². The van der Waals surface area contributed by atoms with Crippen LogP contribution in [-0.2, 0) is 11.3 Å². The molecule has 29 heavy (non-hydrogen) atoms. The molecule has 1 saturated heterocycles. The topological polar surface area (TPSA) is 65.8 Å². The van der Waals surface area contributed by atoms with Crippen molar-refractivity contribution in [2.75, 3.05) is 26.2 Å². The van der Waals surface area contributed by atoms with E-state index >= 15 is 0 Å². The Balaban J connectivity index is 1.38. The minimum atomic E-state index is -0.124. The Hall–Kier alpha value is -2.60. The summed E-state index contributed by atoms with van der Waals surface area (Å²) in [6.07, 6.45) is 6.21. The van der Waals surface area contributed by atoms with E-state index in [1.54, 1.807) is 6.26 Å². The van der Waals surface area contributed by atoms with Crippen LogP contribution >= 0.6 is 0 Å². The third kappa shape index (κ3) is 4.70. The molecule has 0 unspecified atom stereocenters. The van der Waals surface area contributed by atoms with Gasteiger partial charge in [-0.2, -0.15) is 0 Å². The molecule has 4 rings (SSSR count). The first-order valence-electron chi connectivity index (χ1n) is 10.6.